The van der Waals surface area contributed by atoms with E-state index in [1.807, 2.05) is 0 Å². The fourth-order valence-corrected chi connectivity index (χ4v) is 13.7. The number of thiol groups is 2. The minimum Gasteiger partial charge on any atom is -0.508 e. The first-order valence-electron chi connectivity index (χ1n) is 40.3. The van der Waals surface area contributed by atoms with Crippen molar-refractivity contribution in [2.24, 2.45) is 17.4 Å². The number of phenols is 1. The molecule has 40 nitrogen and oxygen atoms in total. The van der Waals surface area contributed by atoms with Crippen LogP contribution in [0.15, 0.2) is 128 Å². The molecule has 0 aliphatic carbocycles. The number of primary amides is 1. The molecule has 3 aromatic heterocycles. The van der Waals surface area contributed by atoms with E-state index in [2.05, 4.69) is 114 Å². The van der Waals surface area contributed by atoms with Crippen molar-refractivity contribution in [3.8, 4) is 5.75 Å². The standard InChI is InChI=1S/C83H110N20O20S2/c1-44(2)70(101-78(117)62(33-51-37-89-57-21-13-11-19-55(51)57)97-77(116)64(35-69(109)110)94-73(112)45(3)103(6)83(122)66(42-125)92-47(5)105)81(120)100-65(41-124)80(119)95-60(31-49-23-25-53(106)26-24-49)75(114)96-61(32-50-36-88-56-20-12-10-18-54(50)56)76(115)98-63(34-52-38-86-43-91-52)79(118)102-71(46(4)104)82(121)99-59(30-48-16-8-7-9-17-48)74(113)90-39-67(107)87-28-29-123-40-68(108)93-58(72(85)111)22-14-15-27-84/h7-13,16-21,23-26,36-38,43-46,58-66,70-71,88-89,104,106,124-125H,14-15,22,27-35,39-42,84H2,1-6H3,(H2,85,111)(H,86,91)(H,87,107)(H,90,113)(H,92,105)(H,93,108)(H,94,112)(H,95,119)(H,96,114)(H,97,116)(H,98,115)(H,99,121)(H,100,120)(H,101,117)(H,102,118)(H,109,110)/t45-,46+,58+,59-,60-,61-,62-,63-,64-,65-,66-,70-,71-/m0/s1. The second-order valence-electron chi connectivity index (χ2n) is 30.1. The van der Waals surface area contributed by atoms with Crippen LogP contribution < -0.4 is 80.6 Å². The molecule has 23 N–H and O–H groups in total. The number of hydrogen-bond acceptors (Lipinski definition) is 23. The maximum absolute atomic E-state index is 15.3. The van der Waals surface area contributed by atoms with Crippen molar-refractivity contribution >= 4 is 142 Å². The van der Waals surface area contributed by atoms with Crippen LogP contribution in [0.25, 0.3) is 21.8 Å². The number of unbranched alkanes of at least 4 members (excludes halogenated alkanes) is 1. The van der Waals surface area contributed by atoms with Gasteiger partial charge in [-0.3, -0.25) is 76.7 Å². The average Bonchev–Trinajstić information content (AvgIpc) is 1.49. The van der Waals surface area contributed by atoms with Gasteiger partial charge in [0.05, 0.1) is 32.0 Å². The number of benzene rings is 4. The third-order valence-corrected chi connectivity index (χ3v) is 20.9. The van der Waals surface area contributed by atoms with Crippen molar-refractivity contribution < 1.29 is 96.8 Å². The van der Waals surface area contributed by atoms with Crippen LogP contribution in [0.2, 0.25) is 0 Å². The molecule has 0 saturated heterocycles. The number of aromatic nitrogens is 4. The van der Waals surface area contributed by atoms with Gasteiger partial charge >= 0.3 is 5.97 Å². The number of imidazole rings is 1. The summed E-state index contributed by atoms with van der Waals surface area (Å²) in [6, 6.07) is 9.52. The fraction of sp³-hybridized carbons (Fsp3) is 0.434. The third kappa shape index (κ3) is 31.1. The summed E-state index contributed by atoms with van der Waals surface area (Å²) in [6.07, 6.45) is 3.06. The van der Waals surface area contributed by atoms with Gasteiger partial charge in [0.1, 0.15) is 84.9 Å². The number of carbonyl (C=O) groups excluding carboxylic acids is 15. The van der Waals surface area contributed by atoms with E-state index in [-0.39, 0.29) is 68.9 Å². The molecule has 15 amide bonds. The number of nitrogens with two attached hydrogens (primary N) is 2. The molecule has 0 radical (unpaired) electrons. The number of phenolic OH excluding ortho intramolecular Hbond substituents is 1. The van der Waals surface area contributed by atoms with Crippen molar-refractivity contribution in [3.63, 3.8) is 0 Å². The van der Waals surface area contributed by atoms with Gasteiger partial charge in [-0.05, 0) is 92.1 Å². The summed E-state index contributed by atoms with van der Waals surface area (Å²) in [5.74, 6) is -16.6. The van der Waals surface area contributed by atoms with E-state index in [9.17, 15) is 82.4 Å². The Morgan fingerprint density at radius 3 is 1.50 bits per heavy atom. The van der Waals surface area contributed by atoms with Crippen LogP contribution in [0.4, 0.5) is 0 Å². The van der Waals surface area contributed by atoms with Crippen LogP contribution in [0, 0.1) is 5.92 Å². The Morgan fingerprint density at radius 1 is 0.504 bits per heavy atom. The number of rotatable bonds is 51. The number of carbonyl (C=O) groups is 16. The summed E-state index contributed by atoms with van der Waals surface area (Å²) in [7, 11) is 1.25. The van der Waals surface area contributed by atoms with Crippen molar-refractivity contribution in [2.45, 2.75) is 171 Å². The van der Waals surface area contributed by atoms with Gasteiger partial charge in [-0.15, -0.1) is 0 Å². The van der Waals surface area contributed by atoms with E-state index < -0.39 is 204 Å². The van der Waals surface area contributed by atoms with Crippen molar-refractivity contribution in [2.75, 3.05) is 51.4 Å². The molecule has 0 aliphatic rings. The molecule has 7 aromatic rings. The van der Waals surface area contributed by atoms with E-state index in [0.717, 1.165) is 4.90 Å². The number of aliphatic carboxylic acids is 1. The topological polar surface area (TPSA) is 615 Å². The number of carboxylic acids is 1. The SMILES string of the molecule is CC(=O)N[C@@H](CS)C(=O)N(C)[C@@H](C)C(=O)N[C@@H](CC(=O)O)C(=O)N[C@@H](Cc1c[nH]c2ccccc12)C(=O)N[C@H](C(=O)N[C@@H](CS)C(=O)N[C@@H](Cc1ccc(O)cc1)C(=O)N[C@@H](Cc1c[nH]c2ccccc12)C(=O)N[C@@H](Cc1cnc[nH]1)C(=O)N[C@H](C(=O)N[C@@H](Cc1ccccc1)C(=O)NCC(=O)NCCOCC(=O)N[C@H](CCCCN)C(N)=O)[C@@H](C)O)C(C)C. The summed E-state index contributed by atoms with van der Waals surface area (Å²) < 4.78 is 5.34. The van der Waals surface area contributed by atoms with Gasteiger partial charge in [0.15, 0.2) is 0 Å². The van der Waals surface area contributed by atoms with Gasteiger partial charge < -0.3 is 120 Å². The number of para-hydroxylation sites is 2. The number of hydrogen-bond donors (Lipinski definition) is 23. The fourth-order valence-electron chi connectivity index (χ4n) is 13.2. The van der Waals surface area contributed by atoms with Crippen molar-refractivity contribution in [1.29, 1.82) is 0 Å². The maximum Gasteiger partial charge on any atom is 0.305 e. The Morgan fingerprint density at radius 2 is 0.984 bits per heavy atom. The molecule has 7 rings (SSSR count). The quantitative estimate of drug-likeness (QED) is 0.0134. The molecule has 13 atom stereocenters. The van der Waals surface area contributed by atoms with Crippen molar-refractivity contribution in [1.82, 2.24) is 94.0 Å². The summed E-state index contributed by atoms with van der Waals surface area (Å²) in [4.78, 5) is 236. The van der Waals surface area contributed by atoms with Crippen LogP contribution in [0.3, 0.4) is 0 Å². The van der Waals surface area contributed by atoms with Gasteiger partial charge in [-0.2, -0.15) is 25.3 Å². The zero-order chi connectivity index (χ0) is 91.6. The first-order chi connectivity index (χ1) is 59.6. The summed E-state index contributed by atoms with van der Waals surface area (Å²) in [5.41, 5.74) is 14.3. The Balaban J connectivity index is 1.09. The van der Waals surface area contributed by atoms with Crippen LogP contribution in [0.5, 0.6) is 5.75 Å². The highest BCUT2D eigenvalue weighted by Crippen LogP contribution is 2.23. The Bertz CT molecular complexity index is 4880. The van der Waals surface area contributed by atoms with Crippen LogP contribution >= 0.6 is 25.3 Å². The monoisotopic (exact) mass is 1770 g/mol. The second-order valence-corrected chi connectivity index (χ2v) is 30.9. The summed E-state index contributed by atoms with van der Waals surface area (Å²) in [6.45, 7) is 5.81. The van der Waals surface area contributed by atoms with Gasteiger partial charge in [0.2, 0.25) is 88.6 Å². The van der Waals surface area contributed by atoms with E-state index in [4.69, 9.17) is 16.2 Å². The number of aliphatic hydroxyl groups excluding tert-OH is 1. The van der Waals surface area contributed by atoms with Gasteiger partial charge in [-0.25, -0.2) is 4.98 Å². The molecule has 0 fully saturated rings. The second kappa shape index (κ2) is 49.4. The molecule has 0 spiro atoms. The number of nitrogens with one attached hydrogen (secondary N) is 16. The Kier molecular flexibility index (Phi) is 39.2. The minimum atomic E-state index is -1.87. The first kappa shape index (κ1) is 99.2. The molecule has 0 aliphatic heterocycles. The highest BCUT2D eigenvalue weighted by atomic mass is 32.1. The van der Waals surface area contributed by atoms with Gasteiger partial charge in [-0.1, -0.05) is 92.7 Å². The lowest BCUT2D eigenvalue weighted by Crippen LogP contribution is -2.62. The lowest BCUT2D eigenvalue weighted by atomic mass is 9.99. The minimum absolute atomic E-state index is 0.114. The zero-order valence-electron chi connectivity index (χ0n) is 69.7. The first-order valence-corrected chi connectivity index (χ1v) is 41.5. The number of amides is 15. The predicted octanol–water partition coefficient (Wildman–Crippen LogP) is -2.97. The lowest BCUT2D eigenvalue weighted by molar-refractivity contribution is -0.143. The van der Waals surface area contributed by atoms with E-state index in [0.29, 0.717) is 63.4 Å². The smallest absolute Gasteiger partial charge is 0.305 e. The number of nitrogens with zero attached hydrogens (tertiary/aromatic N) is 2. The van der Waals surface area contributed by atoms with E-state index in [1.54, 1.807) is 105 Å². The average molecular weight is 1770 g/mol. The molecule has 3 heterocycles. The van der Waals surface area contributed by atoms with Gasteiger partial charge in [0, 0.05) is 110 Å². The summed E-state index contributed by atoms with van der Waals surface area (Å²) >= 11 is 8.55. The zero-order valence-corrected chi connectivity index (χ0v) is 71.5. The van der Waals surface area contributed by atoms with Crippen LogP contribution in [-0.2, 0) is 114 Å². The molecule has 0 bridgehead atoms. The molecule has 4 aromatic carbocycles. The molecule has 42 heteroatoms. The van der Waals surface area contributed by atoms with E-state index >= 15 is 9.59 Å². The van der Waals surface area contributed by atoms with Crippen LogP contribution in [-0.4, -0.2) is 265 Å². The van der Waals surface area contributed by atoms with Gasteiger partial charge in [0.25, 0.3) is 0 Å². The number of aliphatic hydroxyl groups is 1. The molecule has 125 heavy (non-hydrogen) atoms. The summed E-state index contributed by atoms with van der Waals surface area (Å²) in [5, 5.41) is 66.1. The predicted molar refractivity (Wildman–Crippen MR) is 463 cm³/mol. The highest BCUT2D eigenvalue weighted by Gasteiger charge is 2.40. The normalized spacial score (nSPS) is 14.3. The number of likely N-dealkylation sites (N-methyl/N-ethyl adjacent to an activating group) is 1. The Hall–Kier alpha value is -12.9. The molecule has 0 unspecified atom stereocenters. The Labute approximate surface area is 730 Å². The number of aromatic amines is 3. The number of aromatic hydroxyl groups is 1. The number of H-pyrrole nitrogens is 3. The van der Waals surface area contributed by atoms with Crippen LogP contribution in [0.1, 0.15) is 88.2 Å². The largest absolute Gasteiger partial charge is 0.508 e. The van der Waals surface area contributed by atoms with E-state index in [1.165, 1.54) is 64.6 Å². The molecular weight excluding hydrogens is 1660 g/mol. The number of ether oxygens (including phenoxy) is 1. The maximum atomic E-state index is 15.3. The lowest BCUT2D eigenvalue weighted by Gasteiger charge is -2.30. The molecular formula is C83H110N20O20S2. The highest BCUT2D eigenvalue weighted by molar-refractivity contribution is 7.80. The molecule has 0 saturated carbocycles. The molecule has 674 valence electrons. The number of carboxylic acid groups (broad SMARTS) is 1. The third-order valence-electron chi connectivity index (χ3n) is 20.2. The number of fused-ring (bicyclic) bond motifs is 2. The van der Waals surface area contributed by atoms with Crippen molar-refractivity contribution in [3.05, 3.63) is 156 Å².